The molecule has 1 aromatic rings. The first-order valence-electron chi connectivity index (χ1n) is 6.83. The van der Waals surface area contributed by atoms with Gasteiger partial charge in [0.25, 0.3) is 5.69 Å². The minimum absolute atomic E-state index is 0.0816. The van der Waals surface area contributed by atoms with Crippen LogP contribution in [0.2, 0.25) is 5.02 Å². The third-order valence-corrected chi connectivity index (χ3v) is 4.04. The fourth-order valence-electron chi connectivity index (χ4n) is 2.89. The molecule has 1 aliphatic rings. The molecule has 0 bridgehead atoms. The summed E-state index contributed by atoms with van der Waals surface area (Å²) in [4.78, 5) is 14.6. The SMILES string of the molecule is Cc1cc([N+](=O)[O-])c(Cl)cc1N1CC(O)CC1CN(C)C. The molecular formula is C14H20ClN3O3. The van der Waals surface area contributed by atoms with E-state index < -0.39 is 4.92 Å². The van der Waals surface area contributed by atoms with Crippen LogP contribution in [-0.2, 0) is 0 Å². The number of rotatable bonds is 4. The predicted octanol–water partition coefficient (Wildman–Crippen LogP) is 2.06. The Hall–Kier alpha value is -1.37. The molecular weight excluding hydrogens is 294 g/mol. The normalized spacial score (nSPS) is 22.1. The van der Waals surface area contributed by atoms with Crippen molar-refractivity contribution in [2.75, 3.05) is 32.1 Å². The number of likely N-dealkylation sites (N-methyl/N-ethyl adjacent to an activating group) is 1. The maximum Gasteiger partial charge on any atom is 0.288 e. The Kier molecular flexibility index (Phi) is 4.70. The minimum atomic E-state index is -0.477. The maximum absolute atomic E-state index is 10.9. The lowest BCUT2D eigenvalue weighted by molar-refractivity contribution is -0.384. The van der Waals surface area contributed by atoms with Gasteiger partial charge in [-0.2, -0.15) is 0 Å². The number of nitrogens with zero attached hydrogens (tertiary/aromatic N) is 3. The van der Waals surface area contributed by atoms with Gasteiger partial charge in [-0.25, -0.2) is 0 Å². The number of hydrogen-bond donors (Lipinski definition) is 1. The van der Waals surface area contributed by atoms with E-state index in [9.17, 15) is 15.2 Å². The quantitative estimate of drug-likeness (QED) is 0.680. The molecule has 1 fully saturated rings. The molecule has 0 aliphatic carbocycles. The molecule has 1 N–H and O–H groups in total. The molecule has 7 heteroatoms. The number of aliphatic hydroxyl groups is 1. The highest BCUT2D eigenvalue weighted by Gasteiger charge is 2.33. The molecule has 116 valence electrons. The van der Waals surface area contributed by atoms with Crippen molar-refractivity contribution in [1.29, 1.82) is 0 Å². The monoisotopic (exact) mass is 313 g/mol. The Morgan fingerprint density at radius 3 is 2.76 bits per heavy atom. The van der Waals surface area contributed by atoms with Crippen LogP contribution in [0.5, 0.6) is 0 Å². The van der Waals surface area contributed by atoms with Crippen LogP contribution in [0.15, 0.2) is 12.1 Å². The van der Waals surface area contributed by atoms with E-state index in [2.05, 4.69) is 9.80 Å². The standard InChI is InChI=1S/C14H20ClN3O3/c1-9-4-14(18(20)21)12(15)6-13(9)17-8-11(19)5-10(17)7-16(2)3/h4,6,10-11,19H,5,7-8H2,1-3H3. The minimum Gasteiger partial charge on any atom is -0.391 e. The highest BCUT2D eigenvalue weighted by Crippen LogP contribution is 2.35. The number of halogens is 1. The summed E-state index contributed by atoms with van der Waals surface area (Å²) in [5, 5.41) is 21.0. The number of anilines is 1. The molecule has 0 spiro atoms. The zero-order valence-corrected chi connectivity index (χ0v) is 13.2. The van der Waals surface area contributed by atoms with Crippen molar-refractivity contribution in [1.82, 2.24) is 4.90 Å². The van der Waals surface area contributed by atoms with Crippen LogP contribution in [0.25, 0.3) is 0 Å². The molecule has 1 aromatic carbocycles. The van der Waals surface area contributed by atoms with Gasteiger partial charge in [-0.3, -0.25) is 10.1 Å². The number of β-amino-alcohol motifs (C(OH)–C–C–N with tert-alkyl or cyclic N) is 1. The average molecular weight is 314 g/mol. The lowest BCUT2D eigenvalue weighted by atomic mass is 10.1. The summed E-state index contributed by atoms with van der Waals surface area (Å²) in [7, 11) is 3.97. The Labute approximate surface area is 129 Å². The molecule has 0 aromatic heterocycles. The van der Waals surface area contributed by atoms with E-state index in [-0.39, 0.29) is 22.9 Å². The summed E-state index contributed by atoms with van der Waals surface area (Å²) in [6, 6.07) is 3.30. The highest BCUT2D eigenvalue weighted by molar-refractivity contribution is 6.33. The van der Waals surface area contributed by atoms with Gasteiger partial charge in [0, 0.05) is 30.9 Å². The highest BCUT2D eigenvalue weighted by atomic mass is 35.5. The van der Waals surface area contributed by atoms with Gasteiger partial charge >= 0.3 is 0 Å². The van der Waals surface area contributed by atoms with E-state index in [1.807, 2.05) is 21.0 Å². The Morgan fingerprint density at radius 1 is 1.52 bits per heavy atom. The average Bonchev–Trinajstić information content (AvgIpc) is 2.71. The molecule has 21 heavy (non-hydrogen) atoms. The number of aryl methyl sites for hydroxylation is 1. The van der Waals surface area contributed by atoms with Crippen molar-refractivity contribution in [3.8, 4) is 0 Å². The van der Waals surface area contributed by atoms with Crippen LogP contribution in [0.1, 0.15) is 12.0 Å². The first-order chi connectivity index (χ1) is 9.79. The smallest absolute Gasteiger partial charge is 0.288 e. The summed E-state index contributed by atoms with van der Waals surface area (Å²) in [6.07, 6.45) is 0.301. The van der Waals surface area contributed by atoms with Crippen molar-refractivity contribution in [2.24, 2.45) is 0 Å². The number of aliphatic hydroxyl groups excluding tert-OH is 1. The largest absolute Gasteiger partial charge is 0.391 e. The van der Waals surface area contributed by atoms with Crippen LogP contribution < -0.4 is 4.90 Å². The van der Waals surface area contributed by atoms with Gasteiger partial charge in [0.15, 0.2) is 0 Å². The third-order valence-electron chi connectivity index (χ3n) is 3.74. The fraction of sp³-hybridized carbons (Fsp3) is 0.571. The van der Waals surface area contributed by atoms with Crippen molar-refractivity contribution in [3.63, 3.8) is 0 Å². The molecule has 0 radical (unpaired) electrons. The van der Waals surface area contributed by atoms with E-state index in [0.717, 1.165) is 17.8 Å². The van der Waals surface area contributed by atoms with E-state index >= 15 is 0 Å². The van der Waals surface area contributed by atoms with Crippen molar-refractivity contribution in [2.45, 2.75) is 25.5 Å². The van der Waals surface area contributed by atoms with Crippen LogP contribution in [0.3, 0.4) is 0 Å². The molecule has 2 unspecified atom stereocenters. The van der Waals surface area contributed by atoms with E-state index in [4.69, 9.17) is 11.6 Å². The second kappa shape index (κ2) is 6.17. The lowest BCUT2D eigenvalue weighted by Gasteiger charge is -2.30. The number of nitro groups is 1. The first kappa shape index (κ1) is 16.0. The van der Waals surface area contributed by atoms with E-state index in [0.29, 0.717) is 13.0 Å². The molecule has 1 aliphatic heterocycles. The number of hydrogen-bond acceptors (Lipinski definition) is 5. The summed E-state index contributed by atoms with van der Waals surface area (Å²) in [5.41, 5.74) is 1.57. The summed E-state index contributed by atoms with van der Waals surface area (Å²) >= 11 is 6.02. The van der Waals surface area contributed by atoms with Crippen molar-refractivity contribution < 1.29 is 10.0 Å². The summed E-state index contributed by atoms with van der Waals surface area (Å²) in [6.45, 7) is 3.16. The van der Waals surface area contributed by atoms with Gasteiger partial charge in [-0.05, 0) is 39.1 Å². The van der Waals surface area contributed by atoms with Gasteiger partial charge in [0.05, 0.1) is 11.0 Å². The molecule has 1 saturated heterocycles. The van der Waals surface area contributed by atoms with Crippen molar-refractivity contribution >= 4 is 23.0 Å². The molecule has 6 nitrogen and oxygen atoms in total. The second-order valence-electron chi connectivity index (χ2n) is 5.81. The van der Waals surface area contributed by atoms with Gasteiger partial charge in [0.2, 0.25) is 0 Å². The van der Waals surface area contributed by atoms with E-state index in [1.54, 1.807) is 6.07 Å². The first-order valence-corrected chi connectivity index (χ1v) is 7.21. The van der Waals surface area contributed by atoms with Crippen molar-refractivity contribution in [3.05, 3.63) is 32.8 Å². The molecule has 2 rings (SSSR count). The Balaban J connectivity index is 2.36. The Bertz CT molecular complexity index is 551. The Morgan fingerprint density at radius 2 is 2.19 bits per heavy atom. The maximum atomic E-state index is 10.9. The van der Waals surface area contributed by atoms with E-state index in [1.165, 1.54) is 6.07 Å². The molecule has 2 atom stereocenters. The van der Waals surface area contributed by atoms with Crippen LogP contribution >= 0.6 is 11.6 Å². The number of benzene rings is 1. The lowest BCUT2D eigenvalue weighted by Crippen LogP contribution is -2.38. The summed E-state index contributed by atoms with van der Waals surface area (Å²) in [5.74, 6) is 0. The van der Waals surface area contributed by atoms with Crippen LogP contribution in [0.4, 0.5) is 11.4 Å². The van der Waals surface area contributed by atoms with Crippen LogP contribution in [-0.4, -0.2) is 54.3 Å². The van der Waals surface area contributed by atoms with Gasteiger partial charge in [0.1, 0.15) is 5.02 Å². The zero-order valence-electron chi connectivity index (χ0n) is 12.4. The predicted molar refractivity (Wildman–Crippen MR) is 83.2 cm³/mol. The molecule has 0 saturated carbocycles. The van der Waals surface area contributed by atoms with Gasteiger partial charge in [-0.1, -0.05) is 11.6 Å². The fourth-order valence-corrected chi connectivity index (χ4v) is 3.11. The summed E-state index contributed by atoms with van der Waals surface area (Å²) < 4.78 is 0. The third kappa shape index (κ3) is 3.45. The van der Waals surface area contributed by atoms with Gasteiger partial charge in [-0.15, -0.1) is 0 Å². The van der Waals surface area contributed by atoms with Gasteiger partial charge < -0.3 is 14.9 Å². The number of nitro benzene ring substituents is 1. The van der Waals surface area contributed by atoms with Crippen LogP contribution in [0, 0.1) is 17.0 Å². The second-order valence-corrected chi connectivity index (χ2v) is 6.21. The molecule has 0 amide bonds. The molecule has 1 heterocycles. The zero-order chi connectivity index (χ0) is 15.7. The topological polar surface area (TPSA) is 69.8 Å².